The van der Waals surface area contributed by atoms with E-state index in [1.165, 1.54) is 4.88 Å². The molecule has 3 rings (SSSR count). The molecule has 2 aromatic heterocycles. The highest BCUT2D eigenvalue weighted by atomic mass is 32.1. The summed E-state index contributed by atoms with van der Waals surface area (Å²) in [5.74, 6) is 0.150. The summed E-state index contributed by atoms with van der Waals surface area (Å²) in [7, 11) is 0. The molecule has 0 aromatic carbocycles. The summed E-state index contributed by atoms with van der Waals surface area (Å²) in [6.45, 7) is 5.61. The van der Waals surface area contributed by atoms with Crippen molar-refractivity contribution in [1.29, 1.82) is 0 Å². The third-order valence-corrected chi connectivity index (χ3v) is 4.73. The number of piperidine rings is 1. The zero-order valence-electron chi connectivity index (χ0n) is 11.7. The van der Waals surface area contributed by atoms with Gasteiger partial charge in [0.15, 0.2) is 0 Å². The van der Waals surface area contributed by atoms with Gasteiger partial charge in [-0.2, -0.15) is 5.10 Å². The fraction of sp³-hybridized carbons (Fsp3) is 0.500. The Balaban J connectivity index is 1.77. The molecule has 1 aliphatic heterocycles. The third kappa shape index (κ3) is 2.47. The zero-order chi connectivity index (χ0) is 14.1. The van der Waals surface area contributed by atoms with Gasteiger partial charge >= 0.3 is 0 Å². The van der Waals surface area contributed by atoms with Gasteiger partial charge in [-0.3, -0.25) is 4.79 Å². The highest BCUT2D eigenvalue weighted by Gasteiger charge is 2.27. The first-order valence-electron chi connectivity index (χ1n) is 6.85. The molecule has 1 aliphatic rings. The number of carbonyl (C=O) groups excluding carboxylic acids is 1. The molecule has 20 heavy (non-hydrogen) atoms. The van der Waals surface area contributed by atoms with Gasteiger partial charge < -0.3 is 4.90 Å². The Hall–Kier alpha value is -1.69. The maximum absolute atomic E-state index is 12.6. The van der Waals surface area contributed by atoms with Gasteiger partial charge in [0.25, 0.3) is 5.91 Å². The normalized spacial score (nSPS) is 19.3. The summed E-state index contributed by atoms with van der Waals surface area (Å²) in [6, 6.07) is 2.25. The SMILES string of the molecule is Cc1cc(C(=O)N2CCCC(n3cncn3)C2)c(C)s1. The third-order valence-electron chi connectivity index (χ3n) is 3.77. The molecule has 0 spiro atoms. The molecule has 2 aromatic rings. The van der Waals surface area contributed by atoms with Crippen LogP contribution in [0.3, 0.4) is 0 Å². The lowest BCUT2D eigenvalue weighted by Gasteiger charge is -2.32. The number of nitrogens with zero attached hydrogens (tertiary/aromatic N) is 4. The summed E-state index contributed by atoms with van der Waals surface area (Å²) >= 11 is 1.69. The fourth-order valence-electron chi connectivity index (χ4n) is 2.77. The average Bonchev–Trinajstić information content (AvgIpc) is 3.08. The Labute approximate surface area is 122 Å². The molecule has 1 amide bonds. The van der Waals surface area contributed by atoms with Crippen molar-refractivity contribution in [2.75, 3.05) is 13.1 Å². The van der Waals surface area contributed by atoms with Gasteiger partial charge in [0.05, 0.1) is 11.6 Å². The van der Waals surface area contributed by atoms with Crippen LogP contribution in [0.5, 0.6) is 0 Å². The second kappa shape index (κ2) is 5.36. The monoisotopic (exact) mass is 290 g/mol. The van der Waals surface area contributed by atoms with Gasteiger partial charge in [-0.05, 0) is 32.8 Å². The van der Waals surface area contributed by atoms with Gasteiger partial charge in [0, 0.05) is 22.8 Å². The molecule has 0 N–H and O–H groups in total. The first-order valence-corrected chi connectivity index (χ1v) is 7.67. The maximum Gasteiger partial charge on any atom is 0.255 e. The Morgan fingerprint density at radius 3 is 2.95 bits per heavy atom. The standard InChI is InChI=1S/C14H18N4OS/c1-10-6-13(11(2)20-10)14(19)17-5-3-4-12(7-17)18-9-15-8-16-18/h6,8-9,12H,3-5,7H2,1-2H3. The molecular weight excluding hydrogens is 272 g/mol. The van der Waals surface area contributed by atoms with E-state index in [0.717, 1.165) is 36.4 Å². The number of likely N-dealkylation sites (tertiary alicyclic amines) is 1. The van der Waals surface area contributed by atoms with Gasteiger partial charge in [-0.1, -0.05) is 0 Å². The van der Waals surface area contributed by atoms with E-state index in [1.807, 2.05) is 29.5 Å². The lowest BCUT2D eigenvalue weighted by molar-refractivity contribution is 0.0672. The van der Waals surface area contributed by atoms with E-state index in [2.05, 4.69) is 10.1 Å². The summed E-state index contributed by atoms with van der Waals surface area (Å²) in [5, 5.41) is 4.20. The molecule has 6 heteroatoms. The molecule has 1 atom stereocenters. The minimum Gasteiger partial charge on any atom is -0.336 e. The average molecular weight is 290 g/mol. The number of rotatable bonds is 2. The van der Waals surface area contributed by atoms with Gasteiger partial charge in [-0.25, -0.2) is 9.67 Å². The molecule has 0 radical (unpaired) electrons. The summed E-state index contributed by atoms with van der Waals surface area (Å²) in [6.07, 6.45) is 5.35. The number of thiophene rings is 1. The highest BCUT2D eigenvalue weighted by Crippen LogP contribution is 2.26. The van der Waals surface area contributed by atoms with E-state index < -0.39 is 0 Å². The smallest absolute Gasteiger partial charge is 0.255 e. The zero-order valence-corrected chi connectivity index (χ0v) is 12.6. The number of aryl methyl sites for hydroxylation is 2. The van der Waals surface area contributed by atoms with E-state index >= 15 is 0 Å². The summed E-state index contributed by atoms with van der Waals surface area (Å²) < 4.78 is 1.87. The molecule has 1 unspecified atom stereocenters. The minimum absolute atomic E-state index is 0.150. The lowest BCUT2D eigenvalue weighted by Crippen LogP contribution is -2.40. The molecule has 5 nitrogen and oxygen atoms in total. The van der Waals surface area contributed by atoms with Crippen molar-refractivity contribution < 1.29 is 4.79 Å². The van der Waals surface area contributed by atoms with Crippen LogP contribution in [0.1, 0.15) is 39.0 Å². The molecule has 1 saturated heterocycles. The second-order valence-electron chi connectivity index (χ2n) is 5.25. The van der Waals surface area contributed by atoms with Crippen LogP contribution in [0.2, 0.25) is 0 Å². The fourth-order valence-corrected chi connectivity index (χ4v) is 3.69. The summed E-state index contributed by atoms with van der Waals surface area (Å²) in [5.41, 5.74) is 0.853. The number of carbonyl (C=O) groups is 1. The first kappa shape index (κ1) is 13.3. The van der Waals surface area contributed by atoms with Gasteiger partial charge in [-0.15, -0.1) is 11.3 Å². The second-order valence-corrected chi connectivity index (χ2v) is 6.71. The Bertz CT molecular complexity index is 605. The van der Waals surface area contributed by atoms with Gasteiger partial charge in [0.1, 0.15) is 12.7 Å². The van der Waals surface area contributed by atoms with E-state index in [0.29, 0.717) is 0 Å². The largest absolute Gasteiger partial charge is 0.336 e. The van der Waals surface area contributed by atoms with Crippen LogP contribution in [0.4, 0.5) is 0 Å². The number of hydrogen-bond donors (Lipinski definition) is 0. The van der Waals surface area contributed by atoms with Crippen LogP contribution in [0, 0.1) is 13.8 Å². The number of amides is 1. The van der Waals surface area contributed by atoms with Crippen LogP contribution < -0.4 is 0 Å². The number of aromatic nitrogens is 3. The highest BCUT2D eigenvalue weighted by molar-refractivity contribution is 7.12. The van der Waals surface area contributed by atoms with Crippen molar-refractivity contribution in [3.05, 3.63) is 34.0 Å². The Morgan fingerprint density at radius 2 is 2.30 bits per heavy atom. The van der Waals surface area contributed by atoms with E-state index in [1.54, 1.807) is 24.0 Å². The van der Waals surface area contributed by atoms with Crippen LogP contribution in [-0.4, -0.2) is 38.7 Å². The predicted molar refractivity (Wildman–Crippen MR) is 78.0 cm³/mol. The van der Waals surface area contributed by atoms with E-state index in [9.17, 15) is 4.79 Å². The van der Waals surface area contributed by atoms with Crippen LogP contribution in [-0.2, 0) is 0 Å². The Morgan fingerprint density at radius 1 is 1.45 bits per heavy atom. The quantitative estimate of drug-likeness (QED) is 0.853. The first-order chi connectivity index (χ1) is 9.65. The van der Waals surface area contributed by atoms with Crippen molar-refractivity contribution in [2.45, 2.75) is 32.7 Å². The van der Waals surface area contributed by atoms with Crippen LogP contribution in [0.25, 0.3) is 0 Å². The van der Waals surface area contributed by atoms with Crippen molar-refractivity contribution in [1.82, 2.24) is 19.7 Å². The number of hydrogen-bond acceptors (Lipinski definition) is 4. The molecule has 1 fully saturated rings. The lowest BCUT2D eigenvalue weighted by atomic mass is 10.0. The Kier molecular flexibility index (Phi) is 3.56. The van der Waals surface area contributed by atoms with E-state index in [4.69, 9.17) is 0 Å². The van der Waals surface area contributed by atoms with Crippen molar-refractivity contribution in [3.63, 3.8) is 0 Å². The summed E-state index contributed by atoms with van der Waals surface area (Å²) in [4.78, 5) is 20.9. The van der Waals surface area contributed by atoms with Crippen molar-refractivity contribution in [2.24, 2.45) is 0 Å². The predicted octanol–water partition coefficient (Wildman–Crippen LogP) is 2.43. The molecule has 0 saturated carbocycles. The topological polar surface area (TPSA) is 51.0 Å². The van der Waals surface area contributed by atoms with Gasteiger partial charge in [0.2, 0.25) is 0 Å². The maximum atomic E-state index is 12.6. The van der Waals surface area contributed by atoms with Crippen molar-refractivity contribution in [3.8, 4) is 0 Å². The molecule has 106 valence electrons. The van der Waals surface area contributed by atoms with Crippen LogP contribution >= 0.6 is 11.3 Å². The minimum atomic E-state index is 0.150. The van der Waals surface area contributed by atoms with E-state index in [-0.39, 0.29) is 11.9 Å². The molecule has 0 bridgehead atoms. The molecule has 3 heterocycles. The van der Waals surface area contributed by atoms with Crippen LogP contribution in [0.15, 0.2) is 18.7 Å². The molecule has 0 aliphatic carbocycles. The van der Waals surface area contributed by atoms with Crippen molar-refractivity contribution >= 4 is 17.2 Å². The molecular formula is C14H18N4OS.